The van der Waals surface area contributed by atoms with Crippen molar-refractivity contribution in [3.63, 3.8) is 0 Å². The van der Waals surface area contributed by atoms with Crippen molar-refractivity contribution in [1.82, 2.24) is 5.32 Å². The number of carbonyl (C=O) groups excluding carboxylic acids is 2. The van der Waals surface area contributed by atoms with E-state index in [1.54, 1.807) is 4.90 Å². The number of aryl methyl sites for hydroxylation is 1. The largest absolute Gasteiger partial charge is 0.481 e. The summed E-state index contributed by atoms with van der Waals surface area (Å²) in [6, 6.07) is 5.88. The third kappa shape index (κ3) is 3.74. The normalized spacial score (nSPS) is 26.0. The topological polar surface area (TPSA) is 86.7 Å². The Morgan fingerprint density at radius 3 is 2.46 bits per heavy atom. The molecule has 1 saturated heterocycles. The molecule has 6 heteroatoms. The number of carbonyl (C=O) groups is 3. The Labute approximate surface area is 153 Å². The number of carboxylic acid groups (broad SMARTS) is 1. The zero-order valence-corrected chi connectivity index (χ0v) is 15.3. The van der Waals surface area contributed by atoms with Crippen LogP contribution in [0.3, 0.4) is 0 Å². The van der Waals surface area contributed by atoms with E-state index in [0.717, 1.165) is 16.8 Å². The molecule has 1 aromatic carbocycles. The Kier molecular flexibility index (Phi) is 5.30. The summed E-state index contributed by atoms with van der Waals surface area (Å²) in [5.74, 6) is -1.51. The molecule has 1 aromatic rings. The zero-order chi connectivity index (χ0) is 18.8. The molecule has 2 amide bonds. The van der Waals surface area contributed by atoms with Gasteiger partial charge in [-0.3, -0.25) is 14.4 Å². The fourth-order valence-electron chi connectivity index (χ4n) is 3.95. The number of aliphatic carboxylic acids is 1. The zero-order valence-electron chi connectivity index (χ0n) is 15.3. The molecule has 2 aliphatic rings. The molecule has 0 bridgehead atoms. The van der Waals surface area contributed by atoms with E-state index < -0.39 is 5.97 Å². The van der Waals surface area contributed by atoms with Crippen LogP contribution in [0, 0.1) is 25.7 Å². The maximum atomic E-state index is 12.6. The Bertz CT molecular complexity index is 723. The number of hydrogen-bond acceptors (Lipinski definition) is 3. The van der Waals surface area contributed by atoms with Crippen molar-refractivity contribution in [1.29, 1.82) is 0 Å². The predicted octanol–water partition coefficient (Wildman–Crippen LogP) is 2.42. The van der Waals surface area contributed by atoms with E-state index in [1.165, 1.54) is 0 Å². The number of benzene rings is 1. The fourth-order valence-corrected chi connectivity index (χ4v) is 3.95. The standard InChI is InChI=1S/C20H26N2O4/c1-12-4-3-5-17(13(12)2)22-11-15(10-18(22)23)19(24)21-16-8-6-14(7-9-16)20(25)26/h3-5,14-16H,6-11H2,1-2H3,(H,21,24)(H,25,26). The summed E-state index contributed by atoms with van der Waals surface area (Å²) < 4.78 is 0. The second-order valence-corrected chi connectivity index (χ2v) is 7.52. The van der Waals surface area contributed by atoms with Crippen LogP contribution in [0.2, 0.25) is 0 Å². The van der Waals surface area contributed by atoms with Crippen LogP contribution in [0.5, 0.6) is 0 Å². The monoisotopic (exact) mass is 358 g/mol. The summed E-state index contributed by atoms with van der Waals surface area (Å²) in [6.07, 6.45) is 2.79. The predicted molar refractivity (Wildman–Crippen MR) is 97.9 cm³/mol. The number of hydrogen-bond donors (Lipinski definition) is 2. The summed E-state index contributed by atoms with van der Waals surface area (Å²) in [6.45, 7) is 4.41. The average Bonchev–Trinajstić information content (AvgIpc) is 2.99. The van der Waals surface area contributed by atoms with Crippen molar-refractivity contribution in [3.8, 4) is 0 Å². The highest BCUT2D eigenvalue weighted by atomic mass is 16.4. The van der Waals surface area contributed by atoms with Crippen LogP contribution in [0.1, 0.15) is 43.2 Å². The molecule has 2 N–H and O–H groups in total. The highest BCUT2D eigenvalue weighted by Gasteiger charge is 2.37. The lowest BCUT2D eigenvalue weighted by Gasteiger charge is -2.27. The van der Waals surface area contributed by atoms with Crippen molar-refractivity contribution < 1.29 is 19.5 Å². The van der Waals surface area contributed by atoms with Gasteiger partial charge in [-0.15, -0.1) is 0 Å². The average molecular weight is 358 g/mol. The molecule has 0 spiro atoms. The minimum absolute atomic E-state index is 0.0166. The molecule has 26 heavy (non-hydrogen) atoms. The van der Waals surface area contributed by atoms with Crippen molar-refractivity contribution in [2.75, 3.05) is 11.4 Å². The molecule has 0 aromatic heterocycles. The van der Waals surface area contributed by atoms with Gasteiger partial charge in [-0.25, -0.2) is 0 Å². The number of amides is 2. The minimum Gasteiger partial charge on any atom is -0.481 e. The first-order chi connectivity index (χ1) is 12.4. The van der Waals surface area contributed by atoms with Gasteiger partial charge in [0, 0.05) is 24.7 Å². The van der Waals surface area contributed by atoms with Gasteiger partial charge in [0.1, 0.15) is 0 Å². The molecule has 3 rings (SSSR count). The Balaban J connectivity index is 1.59. The lowest BCUT2D eigenvalue weighted by Crippen LogP contribution is -2.42. The summed E-state index contributed by atoms with van der Waals surface area (Å²) in [5, 5.41) is 12.1. The summed E-state index contributed by atoms with van der Waals surface area (Å²) in [7, 11) is 0. The maximum absolute atomic E-state index is 12.6. The summed E-state index contributed by atoms with van der Waals surface area (Å²) in [5.41, 5.74) is 3.07. The molecule has 6 nitrogen and oxygen atoms in total. The lowest BCUT2D eigenvalue weighted by molar-refractivity contribution is -0.142. The maximum Gasteiger partial charge on any atom is 0.306 e. The van der Waals surface area contributed by atoms with E-state index in [9.17, 15) is 14.4 Å². The van der Waals surface area contributed by atoms with Gasteiger partial charge in [0.05, 0.1) is 11.8 Å². The van der Waals surface area contributed by atoms with Crippen molar-refractivity contribution in [2.24, 2.45) is 11.8 Å². The van der Waals surface area contributed by atoms with E-state index in [1.807, 2.05) is 32.0 Å². The smallest absolute Gasteiger partial charge is 0.306 e. The quantitative estimate of drug-likeness (QED) is 0.865. The Morgan fingerprint density at radius 2 is 1.81 bits per heavy atom. The third-order valence-corrected chi connectivity index (χ3v) is 5.79. The van der Waals surface area contributed by atoms with Gasteiger partial charge in [0.2, 0.25) is 11.8 Å². The molecular formula is C20H26N2O4. The van der Waals surface area contributed by atoms with Crippen LogP contribution in [-0.4, -0.2) is 35.5 Å². The lowest BCUT2D eigenvalue weighted by atomic mass is 9.86. The van der Waals surface area contributed by atoms with Gasteiger partial charge in [-0.1, -0.05) is 12.1 Å². The SMILES string of the molecule is Cc1cccc(N2CC(C(=O)NC3CCC(C(=O)O)CC3)CC2=O)c1C. The Hall–Kier alpha value is -2.37. The molecular weight excluding hydrogens is 332 g/mol. The van der Waals surface area contributed by atoms with Gasteiger partial charge in [-0.05, 0) is 56.7 Å². The van der Waals surface area contributed by atoms with Gasteiger partial charge < -0.3 is 15.3 Å². The Morgan fingerprint density at radius 1 is 1.12 bits per heavy atom. The van der Waals surface area contributed by atoms with Gasteiger partial charge in [0.25, 0.3) is 0 Å². The number of anilines is 1. The van der Waals surface area contributed by atoms with Gasteiger partial charge >= 0.3 is 5.97 Å². The summed E-state index contributed by atoms with van der Waals surface area (Å²) >= 11 is 0. The third-order valence-electron chi connectivity index (χ3n) is 5.79. The minimum atomic E-state index is -0.750. The summed E-state index contributed by atoms with van der Waals surface area (Å²) in [4.78, 5) is 37.8. The van der Waals surface area contributed by atoms with Crippen molar-refractivity contribution >= 4 is 23.5 Å². The van der Waals surface area contributed by atoms with E-state index in [0.29, 0.717) is 32.2 Å². The van der Waals surface area contributed by atoms with Crippen molar-refractivity contribution in [2.45, 2.75) is 52.0 Å². The molecule has 1 aliphatic heterocycles. The van der Waals surface area contributed by atoms with Gasteiger partial charge in [-0.2, -0.15) is 0 Å². The first-order valence-corrected chi connectivity index (χ1v) is 9.26. The first-order valence-electron chi connectivity index (χ1n) is 9.26. The molecule has 2 fully saturated rings. The number of rotatable bonds is 4. The van der Waals surface area contributed by atoms with Crippen LogP contribution in [-0.2, 0) is 14.4 Å². The highest BCUT2D eigenvalue weighted by Crippen LogP contribution is 2.30. The van der Waals surface area contributed by atoms with Crippen LogP contribution in [0.4, 0.5) is 5.69 Å². The van der Waals surface area contributed by atoms with E-state index in [2.05, 4.69) is 5.32 Å². The van der Waals surface area contributed by atoms with Crippen LogP contribution in [0.15, 0.2) is 18.2 Å². The van der Waals surface area contributed by atoms with E-state index in [4.69, 9.17) is 5.11 Å². The van der Waals surface area contributed by atoms with Crippen LogP contribution in [0.25, 0.3) is 0 Å². The number of nitrogens with one attached hydrogen (secondary N) is 1. The molecule has 1 aliphatic carbocycles. The van der Waals surface area contributed by atoms with Crippen LogP contribution >= 0.6 is 0 Å². The molecule has 1 heterocycles. The molecule has 140 valence electrons. The number of carboxylic acids is 1. The highest BCUT2D eigenvalue weighted by molar-refractivity contribution is 6.01. The van der Waals surface area contributed by atoms with E-state index >= 15 is 0 Å². The van der Waals surface area contributed by atoms with Crippen LogP contribution < -0.4 is 10.2 Å². The fraction of sp³-hybridized carbons (Fsp3) is 0.550. The molecule has 0 radical (unpaired) electrons. The van der Waals surface area contributed by atoms with Gasteiger partial charge in [0.15, 0.2) is 0 Å². The first kappa shape index (κ1) is 18.4. The second-order valence-electron chi connectivity index (χ2n) is 7.52. The second kappa shape index (κ2) is 7.48. The van der Waals surface area contributed by atoms with E-state index in [-0.39, 0.29) is 36.1 Å². The van der Waals surface area contributed by atoms with Crippen molar-refractivity contribution in [3.05, 3.63) is 29.3 Å². The molecule has 1 saturated carbocycles. The molecule has 1 unspecified atom stereocenters. The number of nitrogens with zero attached hydrogens (tertiary/aromatic N) is 1. The molecule has 1 atom stereocenters.